The van der Waals surface area contributed by atoms with E-state index in [-0.39, 0.29) is 16.8 Å². The quantitative estimate of drug-likeness (QED) is 0.564. The number of fused-ring (bicyclic) bond motifs is 2. The van der Waals surface area contributed by atoms with Gasteiger partial charge in [0.15, 0.2) is 0 Å². The van der Waals surface area contributed by atoms with E-state index in [2.05, 4.69) is 50.5 Å². The summed E-state index contributed by atoms with van der Waals surface area (Å²) < 4.78 is 6.93. The molecule has 1 aromatic heterocycles. The lowest BCUT2D eigenvalue weighted by molar-refractivity contribution is 0.0601. The molecule has 2 aromatic carbocycles. The predicted molar refractivity (Wildman–Crippen MR) is 113 cm³/mol. The van der Waals surface area contributed by atoms with Crippen molar-refractivity contribution in [2.45, 2.75) is 51.4 Å². The first-order chi connectivity index (χ1) is 13.1. The number of aryl methyl sites for hydroxylation is 1. The Morgan fingerprint density at radius 2 is 1.68 bits per heavy atom. The molecule has 0 amide bonds. The number of imidazole rings is 1. The van der Waals surface area contributed by atoms with E-state index in [1.165, 1.54) is 31.1 Å². The number of benzene rings is 2. The molecule has 0 radical (unpaired) electrons. The summed E-state index contributed by atoms with van der Waals surface area (Å²) in [5.74, 6) is 0.575. The average molecular weight is 377 g/mol. The summed E-state index contributed by atoms with van der Waals surface area (Å²) in [6.07, 6.45) is 2.39. The van der Waals surface area contributed by atoms with Crippen molar-refractivity contribution in [1.29, 1.82) is 0 Å². The van der Waals surface area contributed by atoms with Gasteiger partial charge < -0.3 is 9.30 Å². The van der Waals surface area contributed by atoms with Gasteiger partial charge in [0.2, 0.25) is 0 Å². The zero-order valence-electron chi connectivity index (χ0n) is 17.6. The van der Waals surface area contributed by atoms with E-state index in [4.69, 9.17) is 9.72 Å². The van der Waals surface area contributed by atoms with Crippen molar-refractivity contribution in [3.05, 3.63) is 53.1 Å². The molecular weight excluding hydrogens is 348 g/mol. The van der Waals surface area contributed by atoms with Gasteiger partial charge in [-0.25, -0.2) is 9.78 Å². The largest absolute Gasteiger partial charge is 0.465 e. The molecule has 0 atom stereocenters. The highest BCUT2D eigenvalue weighted by Gasteiger charge is 2.37. The highest BCUT2D eigenvalue weighted by Crippen LogP contribution is 2.46. The van der Waals surface area contributed by atoms with Crippen molar-refractivity contribution in [2.75, 3.05) is 7.11 Å². The van der Waals surface area contributed by atoms with E-state index in [0.29, 0.717) is 5.56 Å². The number of ether oxygens (including phenoxy) is 1. The molecule has 146 valence electrons. The lowest BCUT2D eigenvalue weighted by Gasteiger charge is -2.42. The molecule has 4 rings (SSSR count). The number of methoxy groups -OCH3 is 1. The molecule has 0 unspecified atom stereocenters. The molecule has 4 heteroatoms. The zero-order chi connectivity index (χ0) is 20.3. The summed E-state index contributed by atoms with van der Waals surface area (Å²) in [6, 6.07) is 12.3. The highest BCUT2D eigenvalue weighted by atomic mass is 16.5. The van der Waals surface area contributed by atoms with Crippen molar-refractivity contribution < 1.29 is 9.53 Å². The van der Waals surface area contributed by atoms with E-state index in [9.17, 15) is 4.79 Å². The fourth-order valence-electron chi connectivity index (χ4n) is 4.43. The molecule has 3 aromatic rings. The van der Waals surface area contributed by atoms with Crippen LogP contribution in [0.15, 0.2) is 36.4 Å². The number of carbonyl (C=O) groups excluding carboxylic acids is 1. The summed E-state index contributed by atoms with van der Waals surface area (Å²) >= 11 is 0. The molecule has 0 saturated heterocycles. The van der Waals surface area contributed by atoms with Crippen LogP contribution in [0.25, 0.3) is 22.4 Å². The van der Waals surface area contributed by atoms with Crippen LogP contribution in [0.3, 0.4) is 0 Å². The number of carbonyl (C=O) groups is 1. The second-order valence-electron chi connectivity index (χ2n) is 9.22. The second kappa shape index (κ2) is 6.20. The van der Waals surface area contributed by atoms with Gasteiger partial charge in [-0.2, -0.15) is 0 Å². The van der Waals surface area contributed by atoms with Gasteiger partial charge in [-0.15, -0.1) is 0 Å². The molecule has 0 spiro atoms. The normalized spacial score (nSPS) is 17.4. The van der Waals surface area contributed by atoms with E-state index in [0.717, 1.165) is 22.4 Å². The maximum Gasteiger partial charge on any atom is 0.337 e. The molecule has 0 saturated carbocycles. The molecule has 0 fully saturated rings. The van der Waals surface area contributed by atoms with E-state index in [1.54, 1.807) is 12.1 Å². The van der Waals surface area contributed by atoms with Gasteiger partial charge in [-0.3, -0.25) is 0 Å². The number of rotatable bonds is 2. The van der Waals surface area contributed by atoms with Crippen molar-refractivity contribution in [3.63, 3.8) is 0 Å². The Balaban J connectivity index is 1.87. The first-order valence-corrected chi connectivity index (χ1v) is 9.84. The maximum atomic E-state index is 11.9. The molecule has 28 heavy (non-hydrogen) atoms. The summed E-state index contributed by atoms with van der Waals surface area (Å²) in [5.41, 5.74) is 6.66. The van der Waals surface area contributed by atoms with E-state index in [1.807, 2.05) is 13.1 Å². The smallest absolute Gasteiger partial charge is 0.337 e. The van der Waals surface area contributed by atoms with Crippen LogP contribution in [0.1, 0.15) is 62.0 Å². The number of nitrogens with zero attached hydrogens (tertiary/aromatic N) is 2. The second-order valence-corrected chi connectivity index (χ2v) is 9.22. The standard InChI is InChI=1S/C24H28N2O2/c1-23(2)11-12-24(3,4)18-13-15(7-9-17(18)23)21-25-19-14-16(22(27)28-6)8-10-20(19)26(21)5/h7-10,13-14H,11-12H2,1-6H3. The van der Waals surface area contributed by atoms with E-state index >= 15 is 0 Å². The van der Waals surface area contributed by atoms with Crippen LogP contribution in [0.2, 0.25) is 0 Å². The number of aromatic nitrogens is 2. The van der Waals surface area contributed by atoms with Gasteiger partial charge in [0, 0.05) is 12.6 Å². The first-order valence-electron chi connectivity index (χ1n) is 9.84. The number of esters is 1. The SMILES string of the molecule is COC(=O)c1ccc2c(c1)nc(-c1ccc3c(c1)C(C)(C)CCC3(C)C)n2C. The van der Waals surface area contributed by atoms with Crippen LogP contribution in [0.4, 0.5) is 0 Å². The minimum absolute atomic E-state index is 0.156. The van der Waals surface area contributed by atoms with Gasteiger partial charge in [0.1, 0.15) is 5.82 Å². The van der Waals surface area contributed by atoms with Gasteiger partial charge in [-0.1, -0.05) is 39.8 Å². The minimum Gasteiger partial charge on any atom is -0.465 e. The Morgan fingerprint density at radius 1 is 1.00 bits per heavy atom. The number of hydrogen-bond acceptors (Lipinski definition) is 3. The third kappa shape index (κ3) is 2.83. The summed E-state index contributed by atoms with van der Waals surface area (Å²) in [6.45, 7) is 9.35. The lowest BCUT2D eigenvalue weighted by Crippen LogP contribution is -2.33. The Labute approximate surface area is 166 Å². The third-order valence-corrected chi connectivity index (χ3v) is 6.41. The van der Waals surface area contributed by atoms with Crippen LogP contribution in [-0.2, 0) is 22.6 Å². The average Bonchev–Trinajstić information content (AvgIpc) is 3.00. The van der Waals surface area contributed by atoms with Crippen molar-refractivity contribution >= 4 is 17.0 Å². The molecule has 0 N–H and O–H groups in total. The van der Waals surface area contributed by atoms with E-state index < -0.39 is 0 Å². The Kier molecular flexibility index (Phi) is 4.14. The zero-order valence-corrected chi connectivity index (χ0v) is 17.6. The van der Waals surface area contributed by atoms with Gasteiger partial charge >= 0.3 is 5.97 Å². The Bertz CT molecular complexity index is 1090. The lowest BCUT2D eigenvalue weighted by atomic mass is 9.63. The predicted octanol–water partition coefficient (Wildman–Crippen LogP) is 5.38. The van der Waals surface area contributed by atoms with Crippen molar-refractivity contribution in [1.82, 2.24) is 9.55 Å². The van der Waals surface area contributed by atoms with Gasteiger partial charge in [0.25, 0.3) is 0 Å². The first kappa shape index (κ1) is 18.7. The molecule has 1 aliphatic carbocycles. The fraction of sp³-hybridized carbons (Fsp3) is 0.417. The number of hydrogen-bond donors (Lipinski definition) is 0. The third-order valence-electron chi connectivity index (χ3n) is 6.41. The van der Waals surface area contributed by atoms with Crippen LogP contribution in [0, 0.1) is 0 Å². The van der Waals surface area contributed by atoms with Crippen LogP contribution in [-0.4, -0.2) is 22.6 Å². The van der Waals surface area contributed by atoms with Crippen LogP contribution < -0.4 is 0 Å². The molecule has 0 bridgehead atoms. The minimum atomic E-state index is -0.341. The molecular formula is C24H28N2O2. The van der Waals surface area contributed by atoms with Crippen LogP contribution in [0.5, 0.6) is 0 Å². The van der Waals surface area contributed by atoms with Crippen molar-refractivity contribution in [2.24, 2.45) is 7.05 Å². The molecule has 1 aliphatic rings. The Morgan fingerprint density at radius 3 is 2.36 bits per heavy atom. The fourth-order valence-corrected chi connectivity index (χ4v) is 4.43. The maximum absolute atomic E-state index is 11.9. The summed E-state index contributed by atoms with van der Waals surface area (Å²) in [5, 5.41) is 0. The topological polar surface area (TPSA) is 44.1 Å². The molecule has 4 nitrogen and oxygen atoms in total. The summed E-state index contributed by atoms with van der Waals surface area (Å²) in [4.78, 5) is 16.7. The van der Waals surface area contributed by atoms with Gasteiger partial charge in [0.05, 0.1) is 23.7 Å². The Hall–Kier alpha value is -2.62. The summed E-state index contributed by atoms with van der Waals surface area (Å²) in [7, 11) is 3.42. The molecule has 1 heterocycles. The van der Waals surface area contributed by atoms with Crippen molar-refractivity contribution in [3.8, 4) is 11.4 Å². The van der Waals surface area contributed by atoms with Crippen LogP contribution >= 0.6 is 0 Å². The van der Waals surface area contributed by atoms with Gasteiger partial charge in [-0.05, 0) is 59.1 Å². The molecule has 0 aliphatic heterocycles. The highest BCUT2D eigenvalue weighted by molar-refractivity contribution is 5.94. The monoisotopic (exact) mass is 376 g/mol.